The summed E-state index contributed by atoms with van der Waals surface area (Å²) in [6.07, 6.45) is 4.63. The van der Waals surface area contributed by atoms with Crippen molar-refractivity contribution >= 4 is 11.9 Å². The standard InChI is InChI=1S/C28H28N2O3/c1-33-27-13-11-20(10-12-26(31)22-6-3-2-4-7-22)14-24(27)19-29-16-21-15-23(18-29)25-8-5-9-28(32)30(25)17-21/h2-14,21,23H,15-19H2,1H3/b12-10+/t21-,23-/m0/s1. The van der Waals surface area contributed by atoms with Crippen LogP contribution < -0.4 is 10.3 Å². The molecule has 5 rings (SSSR count). The molecular weight excluding hydrogens is 412 g/mol. The Balaban J connectivity index is 1.34. The van der Waals surface area contributed by atoms with Gasteiger partial charge in [-0.05, 0) is 42.2 Å². The van der Waals surface area contributed by atoms with E-state index >= 15 is 0 Å². The van der Waals surface area contributed by atoms with Gasteiger partial charge in [0.15, 0.2) is 5.78 Å². The summed E-state index contributed by atoms with van der Waals surface area (Å²) in [4.78, 5) is 27.2. The maximum absolute atomic E-state index is 12.4. The summed E-state index contributed by atoms with van der Waals surface area (Å²) >= 11 is 0. The molecule has 5 heteroatoms. The van der Waals surface area contributed by atoms with Crippen LogP contribution in [0.15, 0.2) is 77.6 Å². The summed E-state index contributed by atoms with van der Waals surface area (Å²) in [6, 6.07) is 21.0. The van der Waals surface area contributed by atoms with Crippen LogP contribution in [-0.4, -0.2) is 35.4 Å². The molecule has 1 saturated heterocycles. The van der Waals surface area contributed by atoms with E-state index in [-0.39, 0.29) is 11.3 Å². The number of hydrogen-bond acceptors (Lipinski definition) is 4. The molecule has 2 atom stereocenters. The maximum Gasteiger partial charge on any atom is 0.250 e. The fourth-order valence-corrected chi connectivity index (χ4v) is 5.26. The minimum Gasteiger partial charge on any atom is -0.496 e. The summed E-state index contributed by atoms with van der Waals surface area (Å²) in [7, 11) is 1.70. The molecule has 0 N–H and O–H groups in total. The average Bonchev–Trinajstić information content (AvgIpc) is 2.84. The van der Waals surface area contributed by atoms with Crippen molar-refractivity contribution in [3.63, 3.8) is 0 Å². The van der Waals surface area contributed by atoms with E-state index in [0.717, 1.165) is 55.2 Å². The number of benzene rings is 2. The van der Waals surface area contributed by atoms with Crippen LogP contribution in [0.25, 0.3) is 6.08 Å². The third-order valence-corrected chi connectivity index (χ3v) is 6.74. The minimum absolute atomic E-state index is 0.00858. The van der Waals surface area contributed by atoms with Crippen molar-refractivity contribution in [1.29, 1.82) is 0 Å². The highest BCUT2D eigenvalue weighted by Gasteiger charge is 2.34. The first-order valence-electron chi connectivity index (χ1n) is 11.5. The van der Waals surface area contributed by atoms with Crippen molar-refractivity contribution in [2.24, 2.45) is 5.92 Å². The number of pyridine rings is 1. The van der Waals surface area contributed by atoms with E-state index < -0.39 is 0 Å². The highest BCUT2D eigenvalue weighted by Crippen LogP contribution is 2.36. The zero-order valence-corrected chi connectivity index (χ0v) is 18.8. The Morgan fingerprint density at radius 1 is 1.03 bits per heavy atom. The molecule has 0 saturated carbocycles. The van der Waals surface area contributed by atoms with Gasteiger partial charge in [0.25, 0.3) is 5.56 Å². The average molecular weight is 441 g/mol. The van der Waals surface area contributed by atoms with Crippen molar-refractivity contribution in [1.82, 2.24) is 9.47 Å². The number of hydrogen-bond donors (Lipinski definition) is 0. The van der Waals surface area contributed by atoms with Crippen molar-refractivity contribution in [3.05, 3.63) is 106 Å². The van der Waals surface area contributed by atoms with E-state index in [1.165, 1.54) is 0 Å². The number of methoxy groups -OCH3 is 1. The molecule has 0 aliphatic carbocycles. The van der Waals surface area contributed by atoms with Crippen LogP contribution in [0, 0.1) is 5.92 Å². The van der Waals surface area contributed by atoms with Crippen LogP contribution in [0.4, 0.5) is 0 Å². The van der Waals surface area contributed by atoms with Gasteiger partial charge < -0.3 is 9.30 Å². The molecule has 1 fully saturated rings. The molecule has 2 bridgehead atoms. The van der Waals surface area contributed by atoms with Crippen LogP contribution in [0.2, 0.25) is 0 Å². The van der Waals surface area contributed by atoms with Crippen molar-refractivity contribution < 1.29 is 9.53 Å². The van der Waals surface area contributed by atoms with E-state index in [0.29, 0.717) is 17.4 Å². The van der Waals surface area contributed by atoms with Crippen LogP contribution in [0.1, 0.15) is 39.5 Å². The molecule has 5 nitrogen and oxygen atoms in total. The Kier molecular flexibility index (Phi) is 5.97. The predicted molar refractivity (Wildman–Crippen MR) is 130 cm³/mol. The number of likely N-dealkylation sites (tertiary alicyclic amines) is 1. The Hall–Kier alpha value is -3.44. The number of rotatable bonds is 6. The van der Waals surface area contributed by atoms with Gasteiger partial charge in [0.05, 0.1) is 7.11 Å². The first kappa shape index (κ1) is 21.4. The molecule has 0 radical (unpaired) electrons. The molecule has 0 spiro atoms. The zero-order valence-electron chi connectivity index (χ0n) is 18.8. The molecule has 3 heterocycles. The number of piperidine rings is 1. The lowest BCUT2D eigenvalue weighted by Gasteiger charge is -2.43. The summed E-state index contributed by atoms with van der Waals surface area (Å²) in [5.74, 6) is 1.71. The van der Waals surface area contributed by atoms with Crippen LogP contribution >= 0.6 is 0 Å². The lowest BCUT2D eigenvalue weighted by atomic mass is 9.83. The Morgan fingerprint density at radius 2 is 1.88 bits per heavy atom. The Labute approximate surface area is 193 Å². The second-order valence-electron chi connectivity index (χ2n) is 9.03. The smallest absolute Gasteiger partial charge is 0.250 e. The molecule has 3 aromatic rings. The van der Waals surface area contributed by atoms with Gasteiger partial charge in [-0.1, -0.05) is 48.5 Å². The number of carbonyl (C=O) groups excluding carboxylic acids is 1. The van der Waals surface area contributed by atoms with E-state index in [2.05, 4.69) is 17.0 Å². The maximum atomic E-state index is 12.4. The van der Waals surface area contributed by atoms with Gasteiger partial charge >= 0.3 is 0 Å². The van der Waals surface area contributed by atoms with Gasteiger partial charge in [-0.3, -0.25) is 14.5 Å². The molecule has 1 aromatic heterocycles. The Bertz CT molecular complexity index is 1250. The first-order chi connectivity index (χ1) is 16.1. The zero-order chi connectivity index (χ0) is 22.8. The molecule has 168 valence electrons. The number of fused-ring (bicyclic) bond motifs is 4. The third kappa shape index (κ3) is 4.55. The summed E-state index contributed by atoms with van der Waals surface area (Å²) in [5, 5.41) is 0. The summed E-state index contributed by atoms with van der Waals surface area (Å²) in [5.41, 5.74) is 4.04. The number of nitrogens with zero attached hydrogens (tertiary/aromatic N) is 2. The largest absolute Gasteiger partial charge is 0.496 e. The lowest BCUT2D eigenvalue weighted by Crippen LogP contribution is -2.46. The summed E-state index contributed by atoms with van der Waals surface area (Å²) in [6.45, 7) is 3.47. The van der Waals surface area contributed by atoms with Crippen molar-refractivity contribution in [2.45, 2.75) is 25.4 Å². The highest BCUT2D eigenvalue weighted by molar-refractivity contribution is 6.06. The van der Waals surface area contributed by atoms with E-state index in [1.54, 1.807) is 19.3 Å². The quantitative estimate of drug-likeness (QED) is 0.422. The first-order valence-corrected chi connectivity index (χ1v) is 11.5. The van der Waals surface area contributed by atoms with Gasteiger partial charge in [0, 0.05) is 55.0 Å². The van der Waals surface area contributed by atoms with E-state index in [1.807, 2.05) is 59.2 Å². The molecule has 2 aliphatic rings. The predicted octanol–water partition coefficient (Wildman–Crippen LogP) is 4.37. The van der Waals surface area contributed by atoms with Crippen LogP contribution in [0.5, 0.6) is 5.75 Å². The molecule has 2 aromatic carbocycles. The Morgan fingerprint density at radius 3 is 2.70 bits per heavy atom. The highest BCUT2D eigenvalue weighted by atomic mass is 16.5. The molecule has 2 aliphatic heterocycles. The fraction of sp³-hybridized carbons (Fsp3) is 0.286. The van der Waals surface area contributed by atoms with E-state index in [9.17, 15) is 9.59 Å². The van der Waals surface area contributed by atoms with Crippen molar-refractivity contribution in [2.75, 3.05) is 20.2 Å². The summed E-state index contributed by atoms with van der Waals surface area (Å²) < 4.78 is 7.60. The van der Waals surface area contributed by atoms with E-state index in [4.69, 9.17) is 4.74 Å². The monoisotopic (exact) mass is 440 g/mol. The topological polar surface area (TPSA) is 51.5 Å². The van der Waals surface area contributed by atoms with Gasteiger partial charge in [0.1, 0.15) is 5.75 Å². The number of ketones is 1. The van der Waals surface area contributed by atoms with Crippen LogP contribution in [-0.2, 0) is 13.1 Å². The van der Waals surface area contributed by atoms with Gasteiger partial charge in [-0.2, -0.15) is 0 Å². The number of carbonyl (C=O) groups is 1. The van der Waals surface area contributed by atoms with Crippen molar-refractivity contribution in [3.8, 4) is 5.75 Å². The van der Waals surface area contributed by atoms with Crippen LogP contribution in [0.3, 0.4) is 0 Å². The van der Waals surface area contributed by atoms with Gasteiger partial charge in [-0.25, -0.2) is 0 Å². The fourth-order valence-electron chi connectivity index (χ4n) is 5.26. The molecule has 0 unspecified atom stereocenters. The van der Waals surface area contributed by atoms with Gasteiger partial charge in [0.2, 0.25) is 0 Å². The molecule has 33 heavy (non-hydrogen) atoms. The number of ether oxygens (including phenoxy) is 1. The second-order valence-corrected chi connectivity index (χ2v) is 9.03. The van der Waals surface area contributed by atoms with Gasteiger partial charge in [-0.15, -0.1) is 0 Å². The third-order valence-electron chi connectivity index (χ3n) is 6.74. The second kappa shape index (κ2) is 9.20. The lowest BCUT2D eigenvalue weighted by molar-refractivity contribution is 0.104. The number of allylic oxidation sites excluding steroid dienone is 1. The molecular formula is C28H28N2O3. The minimum atomic E-state index is -0.00858. The SMILES string of the molecule is COc1ccc(/C=C/C(=O)c2ccccc2)cc1CN1C[C@@H]2C[C@@H](C1)c1cccc(=O)n1C2. The number of aromatic nitrogens is 1. The molecule has 0 amide bonds. The normalized spacial score (nSPS) is 19.9.